The zero-order valence-corrected chi connectivity index (χ0v) is 13.4. The molecular formula is C16H24N2OS. The first kappa shape index (κ1) is 15.4. The summed E-state index contributed by atoms with van der Waals surface area (Å²) in [6, 6.07) is 9.63. The number of nitrogens with zero attached hydrogens (tertiary/aromatic N) is 1. The van der Waals surface area contributed by atoms with E-state index in [0.29, 0.717) is 12.1 Å². The number of rotatable bonds is 4. The van der Waals surface area contributed by atoms with Gasteiger partial charge in [-0.05, 0) is 43.7 Å². The van der Waals surface area contributed by atoms with Crippen LogP contribution in [0.1, 0.15) is 38.3 Å². The van der Waals surface area contributed by atoms with Crippen molar-refractivity contribution in [3.8, 4) is 0 Å². The largest absolute Gasteiger partial charge is 0.343 e. The molecule has 1 amide bonds. The van der Waals surface area contributed by atoms with Crippen LogP contribution in [-0.2, 0) is 4.79 Å². The summed E-state index contributed by atoms with van der Waals surface area (Å²) in [4.78, 5) is 14.6. The summed E-state index contributed by atoms with van der Waals surface area (Å²) in [5.41, 5.74) is 1.33. The molecule has 2 rings (SSSR count). The molecule has 1 fully saturated rings. The van der Waals surface area contributed by atoms with Crippen molar-refractivity contribution in [2.24, 2.45) is 0 Å². The predicted octanol–water partition coefficient (Wildman–Crippen LogP) is 3.07. The number of carbonyl (C=O) groups excluding carboxylic acids is 1. The van der Waals surface area contributed by atoms with Gasteiger partial charge in [0, 0.05) is 37.0 Å². The van der Waals surface area contributed by atoms with Crippen molar-refractivity contribution < 1.29 is 4.79 Å². The standard InChI is InChI=1S/C16H24N2OS/c1-12(14-4-6-16(20-3)7-5-14)17-15-8-10-18(11-9-15)13(2)19/h4-7,12,15,17H,8-11H2,1-3H3. The summed E-state index contributed by atoms with van der Waals surface area (Å²) in [6.45, 7) is 5.63. The van der Waals surface area contributed by atoms with E-state index in [9.17, 15) is 4.79 Å². The first-order valence-corrected chi connectivity index (χ1v) is 8.48. The van der Waals surface area contributed by atoms with Crippen LogP contribution in [0.4, 0.5) is 0 Å². The molecule has 0 saturated carbocycles. The van der Waals surface area contributed by atoms with Gasteiger partial charge in [-0.25, -0.2) is 0 Å². The molecule has 1 heterocycles. The SMILES string of the molecule is CSc1ccc(C(C)NC2CCN(C(C)=O)CC2)cc1. The quantitative estimate of drug-likeness (QED) is 0.866. The van der Waals surface area contributed by atoms with Crippen LogP contribution in [0.15, 0.2) is 29.2 Å². The first-order valence-electron chi connectivity index (χ1n) is 7.25. The molecule has 3 nitrogen and oxygen atoms in total. The molecule has 0 spiro atoms. The molecule has 0 bridgehead atoms. The van der Waals surface area contributed by atoms with Crippen LogP contribution >= 0.6 is 11.8 Å². The lowest BCUT2D eigenvalue weighted by molar-refractivity contribution is -0.129. The second-order valence-corrected chi connectivity index (χ2v) is 6.32. The van der Waals surface area contributed by atoms with Gasteiger partial charge in [0.2, 0.25) is 5.91 Å². The van der Waals surface area contributed by atoms with Crippen molar-refractivity contribution in [3.05, 3.63) is 29.8 Å². The van der Waals surface area contributed by atoms with Crippen LogP contribution in [0.25, 0.3) is 0 Å². The van der Waals surface area contributed by atoms with Gasteiger partial charge in [-0.15, -0.1) is 11.8 Å². The fourth-order valence-electron chi connectivity index (χ4n) is 2.70. The number of benzene rings is 1. The van der Waals surface area contributed by atoms with Gasteiger partial charge in [-0.3, -0.25) is 4.79 Å². The van der Waals surface area contributed by atoms with Gasteiger partial charge >= 0.3 is 0 Å². The Bertz CT molecular complexity index is 438. The Kier molecular flexibility index (Phi) is 5.49. The smallest absolute Gasteiger partial charge is 0.219 e. The van der Waals surface area contributed by atoms with Crippen LogP contribution in [-0.4, -0.2) is 36.2 Å². The Morgan fingerprint density at radius 1 is 1.30 bits per heavy atom. The van der Waals surface area contributed by atoms with Crippen molar-refractivity contribution >= 4 is 17.7 Å². The predicted molar refractivity (Wildman–Crippen MR) is 85.0 cm³/mol. The summed E-state index contributed by atoms with van der Waals surface area (Å²) < 4.78 is 0. The molecule has 1 unspecified atom stereocenters. The molecule has 110 valence electrons. The third kappa shape index (κ3) is 4.00. The van der Waals surface area contributed by atoms with Crippen LogP contribution in [0.5, 0.6) is 0 Å². The molecule has 1 saturated heterocycles. The molecule has 1 aromatic carbocycles. The highest BCUT2D eigenvalue weighted by atomic mass is 32.2. The number of hydrogen-bond acceptors (Lipinski definition) is 3. The molecule has 1 atom stereocenters. The molecule has 1 N–H and O–H groups in total. The number of amides is 1. The van der Waals surface area contributed by atoms with Crippen molar-refractivity contribution in [3.63, 3.8) is 0 Å². The molecule has 0 radical (unpaired) electrons. The van der Waals surface area contributed by atoms with Gasteiger partial charge in [-0.1, -0.05) is 12.1 Å². The van der Waals surface area contributed by atoms with Crippen LogP contribution in [0, 0.1) is 0 Å². The summed E-state index contributed by atoms with van der Waals surface area (Å²) >= 11 is 1.77. The second kappa shape index (κ2) is 7.14. The van der Waals surface area contributed by atoms with E-state index in [1.54, 1.807) is 18.7 Å². The van der Waals surface area contributed by atoms with Crippen molar-refractivity contribution in [2.45, 2.75) is 43.7 Å². The third-order valence-electron chi connectivity index (χ3n) is 4.04. The lowest BCUT2D eigenvalue weighted by Gasteiger charge is -2.33. The van der Waals surface area contributed by atoms with Crippen LogP contribution < -0.4 is 5.32 Å². The van der Waals surface area contributed by atoms with Crippen molar-refractivity contribution in [1.29, 1.82) is 0 Å². The summed E-state index contributed by atoms with van der Waals surface area (Å²) in [6.07, 6.45) is 4.19. The Morgan fingerprint density at radius 3 is 2.40 bits per heavy atom. The molecule has 1 aromatic rings. The molecular weight excluding hydrogens is 268 g/mol. The molecule has 1 aliphatic heterocycles. The van der Waals surface area contributed by atoms with E-state index < -0.39 is 0 Å². The van der Waals surface area contributed by atoms with E-state index in [1.165, 1.54) is 10.5 Å². The molecule has 20 heavy (non-hydrogen) atoms. The highest BCUT2D eigenvalue weighted by Crippen LogP contribution is 2.21. The minimum Gasteiger partial charge on any atom is -0.343 e. The fraction of sp³-hybridized carbons (Fsp3) is 0.562. The van der Waals surface area contributed by atoms with Crippen LogP contribution in [0.3, 0.4) is 0 Å². The van der Waals surface area contributed by atoms with E-state index >= 15 is 0 Å². The average molecular weight is 292 g/mol. The highest BCUT2D eigenvalue weighted by Gasteiger charge is 2.21. The van der Waals surface area contributed by atoms with Gasteiger partial charge in [0.15, 0.2) is 0 Å². The number of carbonyl (C=O) groups is 1. The topological polar surface area (TPSA) is 32.3 Å². The Labute approximate surface area is 126 Å². The Balaban J connectivity index is 1.85. The van der Waals surface area contributed by atoms with Gasteiger partial charge in [-0.2, -0.15) is 0 Å². The maximum Gasteiger partial charge on any atom is 0.219 e. The van der Waals surface area contributed by atoms with E-state index in [4.69, 9.17) is 0 Å². The zero-order valence-electron chi connectivity index (χ0n) is 12.6. The van der Waals surface area contributed by atoms with E-state index in [0.717, 1.165) is 25.9 Å². The summed E-state index contributed by atoms with van der Waals surface area (Å²) in [5.74, 6) is 0.198. The van der Waals surface area contributed by atoms with Gasteiger partial charge < -0.3 is 10.2 Å². The molecule has 1 aliphatic rings. The minimum atomic E-state index is 0.198. The minimum absolute atomic E-state index is 0.198. The average Bonchev–Trinajstić information content (AvgIpc) is 2.48. The van der Waals surface area contributed by atoms with Crippen molar-refractivity contribution in [2.75, 3.05) is 19.3 Å². The number of thioether (sulfide) groups is 1. The van der Waals surface area contributed by atoms with E-state index in [1.807, 2.05) is 4.90 Å². The van der Waals surface area contributed by atoms with E-state index in [2.05, 4.69) is 42.8 Å². The van der Waals surface area contributed by atoms with Gasteiger partial charge in [0.1, 0.15) is 0 Å². The zero-order chi connectivity index (χ0) is 14.5. The molecule has 0 aromatic heterocycles. The van der Waals surface area contributed by atoms with Crippen molar-refractivity contribution in [1.82, 2.24) is 10.2 Å². The molecule has 4 heteroatoms. The maximum atomic E-state index is 11.3. The second-order valence-electron chi connectivity index (χ2n) is 5.44. The first-order chi connectivity index (χ1) is 9.60. The summed E-state index contributed by atoms with van der Waals surface area (Å²) in [5, 5.41) is 3.69. The highest BCUT2D eigenvalue weighted by molar-refractivity contribution is 7.98. The summed E-state index contributed by atoms with van der Waals surface area (Å²) in [7, 11) is 0. The molecule has 0 aliphatic carbocycles. The number of likely N-dealkylation sites (tertiary alicyclic amines) is 1. The lowest BCUT2D eigenvalue weighted by atomic mass is 10.0. The van der Waals surface area contributed by atoms with Gasteiger partial charge in [0.25, 0.3) is 0 Å². The maximum absolute atomic E-state index is 11.3. The number of piperidine rings is 1. The van der Waals surface area contributed by atoms with E-state index in [-0.39, 0.29) is 5.91 Å². The number of hydrogen-bond donors (Lipinski definition) is 1. The third-order valence-corrected chi connectivity index (χ3v) is 4.79. The Hall–Kier alpha value is -1.00. The van der Waals surface area contributed by atoms with Gasteiger partial charge in [0.05, 0.1) is 0 Å². The Morgan fingerprint density at radius 2 is 1.90 bits per heavy atom. The lowest BCUT2D eigenvalue weighted by Crippen LogP contribution is -2.44. The van der Waals surface area contributed by atoms with Crippen LogP contribution in [0.2, 0.25) is 0 Å². The monoisotopic (exact) mass is 292 g/mol. The number of nitrogens with one attached hydrogen (secondary N) is 1. The normalized spacial score (nSPS) is 18.1. The fourth-order valence-corrected chi connectivity index (χ4v) is 3.11.